The van der Waals surface area contributed by atoms with Crippen molar-refractivity contribution in [2.24, 2.45) is 0 Å². The van der Waals surface area contributed by atoms with Crippen LogP contribution in [0.25, 0.3) is 22.2 Å². The number of nitrogens with one attached hydrogen (secondary N) is 1. The number of hydrogen-bond acceptors (Lipinski definition) is 4. The lowest BCUT2D eigenvalue weighted by atomic mass is 10.1. The number of ether oxygens (including phenoxy) is 1. The largest absolute Gasteiger partial charge is 0.492 e. The first-order chi connectivity index (χ1) is 15.4. The second kappa shape index (κ2) is 9.28. The average molecular weight is 449 g/mol. The van der Waals surface area contributed by atoms with E-state index in [0.717, 1.165) is 22.2 Å². The molecule has 32 heavy (non-hydrogen) atoms. The molecule has 1 N–H and O–H groups in total. The van der Waals surface area contributed by atoms with Crippen LogP contribution in [0.3, 0.4) is 0 Å². The minimum absolute atomic E-state index is 0.0615. The Bertz CT molecular complexity index is 1340. The molecule has 6 nitrogen and oxygen atoms in total. The normalized spacial score (nSPS) is 11.4. The Morgan fingerprint density at radius 3 is 2.47 bits per heavy atom. The highest BCUT2D eigenvalue weighted by Crippen LogP contribution is 2.28. The number of sulfone groups is 1. The summed E-state index contributed by atoms with van der Waals surface area (Å²) in [5, 5.41) is 3.98. The Labute approximate surface area is 187 Å². The van der Waals surface area contributed by atoms with E-state index in [1.165, 1.54) is 6.26 Å². The van der Waals surface area contributed by atoms with E-state index >= 15 is 0 Å². The van der Waals surface area contributed by atoms with Gasteiger partial charge in [0.05, 0.1) is 5.75 Å². The van der Waals surface area contributed by atoms with Gasteiger partial charge in [-0.1, -0.05) is 54.6 Å². The number of benzene rings is 3. The molecule has 0 saturated carbocycles. The molecule has 1 aromatic heterocycles. The number of amides is 1. The van der Waals surface area contributed by atoms with E-state index in [9.17, 15) is 13.2 Å². The first-order valence-corrected chi connectivity index (χ1v) is 12.3. The number of hydrogen-bond donors (Lipinski definition) is 1. The number of carbonyl (C=O) groups excluding carboxylic acids is 1. The molecule has 1 heterocycles. The fraction of sp³-hybridized carbons (Fsp3) is 0.160. The quantitative estimate of drug-likeness (QED) is 0.434. The van der Waals surface area contributed by atoms with Crippen molar-refractivity contribution in [2.45, 2.75) is 6.54 Å². The molecule has 7 heteroatoms. The Balaban J connectivity index is 1.52. The summed E-state index contributed by atoms with van der Waals surface area (Å²) in [7, 11) is -3.09. The van der Waals surface area contributed by atoms with Gasteiger partial charge in [-0.25, -0.2) is 8.42 Å². The fourth-order valence-electron chi connectivity index (χ4n) is 3.55. The number of anilines is 1. The van der Waals surface area contributed by atoms with Crippen LogP contribution < -0.4 is 10.1 Å². The van der Waals surface area contributed by atoms with Gasteiger partial charge in [0.25, 0.3) is 0 Å². The van der Waals surface area contributed by atoms with E-state index in [2.05, 4.69) is 11.4 Å². The van der Waals surface area contributed by atoms with Crippen LogP contribution in [-0.4, -0.2) is 37.5 Å². The summed E-state index contributed by atoms with van der Waals surface area (Å²) >= 11 is 0. The van der Waals surface area contributed by atoms with Crippen LogP contribution in [-0.2, 0) is 21.2 Å². The van der Waals surface area contributed by atoms with Crippen molar-refractivity contribution in [1.82, 2.24) is 4.57 Å². The van der Waals surface area contributed by atoms with E-state index in [1.54, 1.807) is 24.3 Å². The van der Waals surface area contributed by atoms with Gasteiger partial charge in [-0.15, -0.1) is 0 Å². The summed E-state index contributed by atoms with van der Waals surface area (Å²) in [5.41, 5.74) is 3.58. The maximum atomic E-state index is 12.9. The molecule has 3 aromatic carbocycles. The van der Waals surface area contributed by atoms with Gasteiger partial charge < -0.3 is 14.6 Å². The van der Waals surface area contributed by atoms with Gasteiger partial charge in [0, 0.05) is 34.6 Å². The van der Waals surface area contributed by atoms with E-state index in [-0.39, 0.29) is 24.8 Å². The van der Waals surface area contributed by atoms with Crippen LogP contribution in [0.15, 0.2) is 84.9 Å². The first-order valence-electron chi connectivity index (χ1n) is 10.2. The molecule has 164 valence electrons. The Morgan fingerprint density at radius 1 is 0.938 bits per heavy atom. The smallest absolute Gasteiger partial charge is 0.244 e. The van der Waals surface area contributed by atoms with Crippen molar-refractivity contribution < 1.29 is 17.9 Å². The van der Waals surface area contributed by atoms with Gasteiger partial charge in [0.15, 0.2) is 9.84 Å². The fourth-order valence-corrected chi connectivity index (χ4v) is 3.93. The van der Waals surface area contributed by atoms with Crippen LogP contribution in [0.5, 0.6) is 5.75 Å². The highest BCUT2D eigenvalue weighted by molar-refractivity contribution is 7.90. The molecule has 0 aliphatic heterocycles. The molecule has 1 amide bonds. The summed E-state index contributed by atoms with van der Waals surface area (Å²) in [5.74, 6) is 0.270. The van der Waals surface area contributed by atoms with Crippen LogP contribution in [0.2, 0.25) is 0 Å². The number of aromatic nitrogens is 1. The molecule has 0 radical (unpaired) electrons. The number of rotatable bonds is 8. The van der Waals surface area contributed by atoms with Gasteiger partial charge >= 0.3 is 0 Å². The molecule has 0 unspecified atom stereocenters. The summed E-state index contributed by atoms with van der Waals surface area (Å²) in [6.45, 7) is 0.211. The minimum atomic E-state index is -3.09. The monoisotopic (exact) mass is 448 g/mol. The van der Waals surface area contributed by atoms with Crippen LogP contribution in [0, 0.1) is 0 Å². The van der Waals surface area contributed by atoms with E-state index < -0.39 is 9.84 Å². The Hall–Kier alpha value is -3.58. The van der Waals surface area contributed by atoms with Crippen LogP contribution in [0.4, 0.5) is 5.69 Å². The third kappa shape index (κ3) is 5.36. The van der Waals surface area contributed by atoms with Crippen molar-refractivity contribution in [3.8, 4) is 17.0 Å². The minimum Gasteiger partial charge on any atom is -0.492 e. The second-order valence-electron chi connectivity index (χ2n) is 7.59. The summed E-state index contributed by atoms with van der Waals surface area (Å²) < 4.78 is 30.1. The molecule has 0 spiro atoms. The zero-order valence-corrected chi connectivity index (χ0v) is 18.5. The predicted molar refractivity (Wildman–Crippen MR) is 128 cm³/mol. The molecule has 4 aromatic rings. The zero-order chi connectivity index (χ0) is 22.6. The van der Waals surface area contributed by atoms with Crippen molar-refractivity contribution in [3.63, 3.8) is 0 Å². The second-order valence-corrected chi connectivity index (χ2v) is 9.85. The molecular weight excluding hydrogens is 424 g/mol. The molecule has 0 aliphatic carbocycles. The maximum absolute atomic E-state index is 12.9. The Kier molecular flexibility index (Phi) is 6.28. The molecule has 0 saturated heterocycles. The number of fused-ring (bicyclic) bond motifs is 1. The summed E-state index contributed by atoms with van der Waals surface area (Å²) in [4.78, 5) is 12.9. The van der Waals surface area contributed by atoms with E-state index in [1.807, 2.05) is 59.2 Å². The van der Waals surface area contributed by atoms with Gasteiger partial charge in [-0.05, 0) is 29.8 Å². The van der Waals surface area contributed by atoms with Gasteiger partial charge in [-0.2, -0.15) is 0 Å². The average Bonchev–Trinajstić information content (AvgIpc) is 3.12. The Morgan fingerprint density at radius 2 is 1.69 bits per heavy atom. The van der Waals surface area contributed by atoms with Crippen molar-refractivity contribution in [2.75, 3.05) is 23.9 Å². The standard InChI is InChI=1S/C25H24N2O4S/c1-32(29,30)15-14-31-22-12-7-11-21(17-22)26-25(28)18-27-23-13-6-5-10-20(23)16-24(27)19-8-3-2-4-9-19/h2-13,16-17H,14-15,18H2,1H3,(H,26,28). The number of nitrogens with zero attached hydrogens (tertiary/aromatic N) is 1. The van der Waals surface area contributed by atoms with E-state index in [0.29, 0.717) is 11.4 Å². The van der Waals surface area contributed by atoms with Gasteiger partial charge in [-0.3, -0.25) is 4.79 Å². The SMILES string of the molecule is CS(=O)(=O)CCOc1cccc(NC(=O)Cn2c(-c3ccccc3)cc3ccccc32)c1. The van der Waals surface area contributed by atoms with Gasteiger partial charge in [0.2, 0.25) is 5.91 Å². The van der Waals surface area contributed by atoms with Crippen molar-refractivity contribution in [1.29, 1.82) is 0 Å². The molecule has 0 fully saturated rings. The molecule has 0 bridgehead atoms. The lowest BCUT2D eigenvalue weighted by Crippen LogP contribution is -2.19. The van der Waals surface area contributed by atoms with E-state index in [4.69, 9.17) is 4.74 Å². The van der Waals surface area contributed by atoms with Gasteiger partial charge in [0.1, 0.15) is 18.9 Å². The predicted octanol–water partition coefficient (Wildman–Crippen LogP) is 4.37. The van der Waals surface area contributed by atoms with Crippen molar-refractivity contribution in [3.05, 3.63) is 84.9 Å². The lowest BCUT2D eigenvalue weighted by Gasteiger charge is -2.12. The number of carbonyl (C=O) groups is 1. The molecule has 0 atom stereocenters. The van der Waals surface area contributed by atoms with Crippen molar-refractivity contribution >= 4 is 32.3 Å². The third-order valence-corrected chi connectivity index (χ3v) is 5.93. The highest BCUT2D eigenvalue weighted by Gasteiger charge is 2.14. The van der Waals surface area contributed by atoms with Crippen LogP contribution >= 0.6 is 0 Å². The molecule has 4 rings (SSSR count). The zero-order valence-electron chi connectivity index (χ0n) is 17.7. The highest BCUT2D eigenvalue weighted by atomic mass is 32.2. The number of para-hydroxylation sites is 1. The first kappa shape index (κ1) is 21.6. The molecular formula is C25H24N2O4S. The lowest BCUT2D eigenvalue weighted by molar-refractivity contribution is -0.116. The van der Waals surface area contributed by atoms with Crippen LogP contribution in [0.1, 0.15) is 0 Å². The summed E-state index contributed by atoms with van der Waals surface area (Å²) in [6.07, 6.45) is 1.17. The topological polar surface area (TPSA) is 77.4 Å². The maximum Gasteiger partial charge on any atom is 0.244 e. The molecule has 0 aliphatic rings. The summed E-state index contributed by atoms with van der Waals surface area (Å²) in [6, 6.07) is 27.0. The third-order valence-electron chi connectivity index (χ3n) is 5.02.